The summed E-state index contributed by atoms with van der Waals surface area (Å²) in [6.07, 6.45) is 8.31. The first-order chi connectivity index (χ1) is 9.75. The second-order valence-electron chi connectivity index (χ2n) is 5.06. The molecule has 0 atom stereocenters. The molecule has 1 aromatic carbocycles. The highest BCUT2D eigenvalue weighted by Crippen LogP contribution is 2.30. The van der Waals surface area contributed by atoms with Crippen molar-refractivity contribution in [2.45, 2.75) is 25.7 Å². The molecule has 3 N–H and O–H groups in total. The van der Waals surface area contributed by atoms with Gasteiger partial charge in [-0.15, -0.1) is 0 Å². The number of aryl methyl sites for hydroxylation is 1. The molecule has 1 aromatic heterocycles. The van der Waals surface area contributed by atoms with E-state index in [1.54, 1.807) is 12.4 Å². The standard InChI is InChI=1S/C16H17N3S/c17-16(20)13-8-9-18-10-15(13)19-14-7-3-5-11-4-1-2-6-12(11)14/h3,5,7-10,19H,1-2,4,6H2,(H2,17,20). The third-order valence-corrected chi connectivity index (χ3v) is 3.97. The minimum atomic E-state index is 0.389. The van der Waals surface area contributed by atoms with E-state index in [1.807, 2.05) is 6.07 Å². The monoisotopic (exact) mass is 283 g/mol. The van der Waals surface area contributed by atoms with Gasteiger partial charge in [0.25, 0.3) is 0 Å². The van der Waals surface area contributed by atoms with Crippen LogP contribution in [0.25, 0.3) is 0 Å². The largest absolute Gasteiger partial charge is 0.389 e. The van der Waals surface area contributed by atoms with Gasteiger partial charge < -0.3 is 11.1 Å². The average Bonchev–Trinajstić information content (AvgIpc) is 2.48. The van der Waals surface area contributed by atoms with E-state index >= 15 is 0 Å². The molecular formula is C16H17N3S. The van der Waals surface area contributed by atoms with Crippen LogP contribution in [0.2, 0.25) is 0 Å². The summed E-state index contributed by atoms with van der Waals surface area (Å²) < 4.78 is 0. The molecule has 3 rings (SSSR count). The van der Waals surface area contributed by atoms with Gasteiger partial charge in [0.15, 0.2) is 0 Å². The zero-order chi connectivity index (χ0) is 13.9. The van der Waals surface area contributed by atoms with Gasteiger partial charge in [0.2, 0.25) is 0 Å². The Labute approximate surface area is 124 Å². The fourth-order valence-corrected chi connectivity index (χ4v) is 2.93. The van der Waals surface area contributed by atoms with Crippen LogP contribution in [0.5, 0.6) is 0 Å². The van der Waals surface area contributed by atoms with Gasteiger partial charge in [0, 0.05) is 17.4 Å². The first kappa shape index (κ1) is 13.1. The Morgan fingerprint density at radius 3 is 2.85 bits per heavy atom. The number of aromatic nitrogens is 1. The summed E-state index contributed by atoms with van der Waals surface area (Å²) in [7, 11) is 0. The summed E-state index contributed by atoms with van der Waals surface area (Å²) in [5, 5.41) is 3.45. The fraction of sp³-hybridized carbons (Fsp3) is 0.250. The number of hydrogen-bond donors (Lipinski definition) is 2. The van der Waals surface area contributed by atoms with E-state index in [2.05, 4.69) is 28.5 Å². The van der Waals surface area contributed by atoms with Crippen molar-refractivity contribution < 1.29 is 0 Å². The van der Waals surface area contributed by atoms with Crippen LogP contribution in [0.15, 0.2) is 36.7 Å². The second kappa shape index (κ2) is 5.59. The molecule has 0 radical (unpaired) electrons. The average molecular weight is 283 g/mol. The molecule has 1 aliphatic rings. The highest BCUT2D eigenvalue weighted by Gasteiger charge is 2.14. The maximum Gasteiger partial charge on any atom is 0.106 e. The molecular weight excluding hydrogens is 266 g/mol. The van der Waals surface area contributed by atoms with E-state index < -0.39 is 0 Å². The molecule has 0 aliphatic heterocycles. The Morgan fingerprint density at radius 1 is 1.15 bits per heavy atom. The third kappa shape index (κ3) is 2.51. The van der Waals surface area contributed by atoms with Crippen LogP contribution in [-0.4, -0.2) is 9.97 Å². The molecule has 0 bridgehead atoms. The number of nitrogens with one attached hydrogen (secondary N) is 1. The minimum Gasteiger partial charge on any atom is -0.389 e. The third-order valence-electron chi connectivity index (χ3n) is 3.75. The summed E-state index contributed by atoms with van der Waals surface area (Å²) in [6, 6.07) is 8.28. The van der Waals surface area contributed by atoms with Crippen LogP contribution in [0.4, 0.5) is 11.4 Å². The van der Waals surface area contributed by atoms with Crippen LogP contribution in [-0.2, 0) is 12.8 Å². The van der Waals surface area contributed by atoms with Crippen molar-refractivity contribution in [2.24, 2.45) is 5.73 Å². The first-order valence-corrected chi connectivity index (χ1v) is 7.28. The van der Waals surface area contributed by atoms with Gasteiger partial charge >= 0.3 is 0 Å². The smallest absolute Gasteiger partial charge is 0.106 e. The quantitative estimate of drug-likeness (QED) is 0.848. The fourth-order valence-electron chi connectivity index (χ4n) is 2.75. The molecule has 0 saturated heterocycles. The molecule has 0 saturated carbocycles. The normalized spacial score (nSPS) is 13.6. The van der Waals surface area contributed by atoms with Gasteiger partial charge in [-0.25, -0.2) is 0 Å². The van der Waals surface area contributed by atoms with Gasteiger partial charge in [0.05, 0.1) is 11.9 Å². The van der Waals surface area contributed by atoms with Gasteiger partial charge in [-0.2, -0.15) is 0 Å². The van der Waals surface area contributed by atoms with Crippen molar-refractivity contribution in [3.05, 3.63) is 53.3 Å². The van der Waals surface area contributed by atoms with Crippen LogP contribution in [0.1, 0.15) is 29.5 Å². The number of hydrogen-bond acceptors (Lipinski definition) is 3. The van der Waals surface area contributed by atoms with Crippen molar-refractivity contribution in [3.8, 4) is 0 Å². The van der Waals surface area contributed by atoms with E-state index in [9.17, 15) is 0 Å². The number of anilines is 2. The summed E-state index contributed by atoms with van der Waals surface area (Å²) in [5.41, 5.74) is 11.5. The molecule has 2 aromatic rings. The lowest BCUT2D eigenvalue weighted by Crippen LogP contribution is -2.13. The zero-order valence-corrected chi connectivity index (χ0v) is 12.0. The van der Waals surface area contributed by atoms with E-state index in [0.717, 1.165) is 23.4 Å². The number of thiocarbonyl (C=S) groups is 1. The van der Waals surface area contributed by atoms with E-state index in [4.69, 9.17) is 18.0 Å². The SMILES string of the molecule is NC(=S)c1ccncc1Nc1cccc2c1CCCC2. The molecule has 0 fully saturated rings. The van der Waals surface area contributed by atoms with E-state index in [0.29, 0.717) is 4.99 Å². The number of nitrogens with two attached hydrogens (primary N) is 1. The molecule has 0 amide bonds. The predicted octanol–water partition coefficient (Wildman–Crippen LogP) is 3.34. The molecule has 102 valence electrons. The summed E-state index contributed by atoms with van der Waals surface area (Å²) in [5.74, 6) is 0. The Hall–Kier alpha value is -1.94. The van der Waals surface area contributed by atoms with Crippen LogP contribution in [0, 0.1) is 0 Å². The van der Waals surface area contributed by atoms with Gasteiger partial charge in [-0.3, -0.25) is 4.98 Å². The van der Waals surface area contributed by atoms with E-state index in [1.165, 1.54) is 30.4 Å². The lowest BCUT2D eigenvalue weighted by molar-refractivity contribution is 0.687. The second-order valence-corrected chi connectivity index (χ2v) is 5.50. The predicted molar refractivity (Wildman–Crippen MR) is 86.5 cm³/mol. The lowest BCUT2D eigenvalue weighted by Gasteiger charge is -2.20. The Morgan fingerprint density at radius 2 is 2.00 bits per heavy atom. The number of fused-ring (bicyclic) bond motifs is 1. The summed E-state index contributed by atoms with van der Waals surface area (Å²) in [6.45, 7) is 0. The van der Waals surface area contributed by atoms with Gasteiger partial charge in [-0.1, -0.05) is 24.4 Å². The highest BCUT2D eigenvalue weighted by atomic mass is 32.1. The van der Waals surface area contributed by atoms with Crippen molar-refractivity contribution >= 4 is 28.6 Å². The maximum absolute atomic E-state index is 5.77. The summed E-state index contributed by atoms with van der Waals surface area (Å²) in [4.78, 5) is 4.55. The Kier molecular flexibility index (Phi) is 3.65. The minimum absolute atomic E-state index is 0.389. The molecule has 4 heteroatoms. The topological polar surface area (TPSA) is 50.9 Å². The number of pyridine rings is 1. The number of nitrogens with zero attached hydrogens (tertiary/aromatic N) is 1. The highest BCUT2D eigenvalue weighted by molar-refractivity contribution is 7.80. The van der Waals surface area contributed by atoms with Crippen molar-refractivity contribution in [3.63, 3.8) is 0 Å². The Bertz CT molecular complexity index is 652. The maximum atomic E-state index is 5.77. The molecule has 1 aliphatic carbocycles. The van der Waals surface area contributed by atoms with Crippen molar-refractivity contribution in [1.82, 2.24) is 4.98 Å². The first-order valence-electron chi connectivity index (χ1n) is 6.87. The van der Waals surface area contributed by atoms with Gasteiger partial charge in [-0.05, 0) is 48.9 Å². The Balaban J connectivity index is 1.98. The van der Waals surface area contributed by atoms with Crippen molar-refractivity contribution in [1.29, 1.82) is 0 Å². The van der Waals surface area contributed by atoms with E-state index in [-0.39, 0.29) is 0 Å². The number of benzene rings is 1. The number of rotatable bonds is 3. The molecule has 3 nitrogen and oxygen atoms in total. The van der Waals surface area contributed by atoms with Crippen LogP contribution in [0.3, 0.4) is 0 Å². The molecule has 1 heterocycles. The van der Waals surface area contributed by atoms with Crippen LogP contribution >= 0.6 is 12.2 Å². The van der Waals surface area contributed by atoms with Crippen LogP contribution < -0.4 is 11.1 Å². The van der Waals surface area contributed by atoms with Crippen molar-refractivity contribution in [2.75, 3.05) is 5.32 Å². The summed E-state index contributed by atoms with van der Waals surface area (Å²) >= 11 is 5.10. The molecule has 0 unspecified atom stereocenters. The molecule has 0 spiro atoms. The van der Waals surface area contributed by atoms with Gasteiger partial charge in [0.1, 0.15) is 4.99 Å². The lowest BCUT2D eigenvalue weighted by atomic mass is 9.90. The molecule has 20 heavy (non-hydrogen) atoms. The zero-order valence-electron chi connectivity index (χ0n) is 11.2.